The van der Waals surface area contributed by atoms with E-state index in [0.29, 0.717) is 16.4 Å². The van der Waals surface area contributed by atoms with Crippen molar-refractivity contribution in [3.8, 4) is 5.82 Å². The lowest BCUT2D eigenvalue weighted by Gasteiger charge is -2.32. The van der Waals surface area contributed by atoms with Gasteiger partial charge in [0.15, 0.2) is 11.0 Å². The molecule has 0 bridgehead atoms. The zero-order valence-corrected chi connectivity index (χ0v) is 15.4. The first kappa shape index (κ1) is 18.1. The minimum atomic E-state index is -0.603. The number of aromatic nitrogens is 4. The van der Waals surface area contributed by atoms with E-state index >= 15 is 0 Å². The van der Waals surface area contributed by atoms with Gasteiger partial charge >= 0.3 is 7.12 Å². The van der Waals surface area contributed by atoms with E-state index in [2.05, 4.69) is 15.3 Å². The molecular weight excluding hydrogens is 342 g/mol. The van der Waals surface area contributed by atoms with E-state index in [1.54, 1.807) is 35.3 Å². The first-order valence-electron chi connectivity index (χ1n) is 7.93. The predicted molar refractivity (Wildman–Crippen MR) is 95.3 cm³/mol. The van der Waals surface area contributed by atoms with Gasteiger partial charge in [0.1, 0.15) is 0 Å². The van der Waals surface area contributed by atoms with Crippen LogP contribution in [0.25, 0.3) is 11.9 Å². The van der Waals surface area contributed by atoms with Gasteiger partial charge in [-0.25, -0.2) is 4.68 Å². The molecule has 2 aromatic rings. The molecular formula is C16H20BClN4O3. The number of aliphatic hydroxyl groups excluding tert-OH is 1. The lowest BCUT2D eigenvalue weighted by Crippen LogP contribution is -2.41. The molecule has 3 rings (SSSR count). The Bertz CT molecular complexity index is 773. The van der Waals surface area contributed by atoms with Crippen LogP contribution in [0.5, 0.6) is 0 Å². The molecule has 0 spiro atoms. The molecule has 0 unspecified atom stereocenters. The van der Waals surface area contributed by atoms with Gasteiger partial charge in [0, 0.05) is 11.8 Å². The summed E-state index contributed by atoms with van der Waals surface area (Å²) < 4.78 is 13.5. The highest BCUT2D eigenvalue weighted by Gasteiger charge is 2.52. The van der Waals surface area contributed by atoms with Crippen LogP contribution in [0, 0.1) is 0 Å². The number of halogens is 1. The highest BCUT2D eigenvalue weighted by Crippen LogP contribution is 2.38. The van der Waals surface area contributed by atoms with E-state index in [1.165, 1.54) is 0 Å². The standard InChI is InChI=1S/C16H20BClN4O3/c1-15(2)16(3,4)25-17(24-15)12(10-23)7-11-8-19-22(9-11)14-6-5-13(18)20-21-14/h5-9,23H,10H2,1-4H3. The Labute approximate surface area is 151 Å². The Balaban J connectivity index is 1.83. The molecule has 2 aromatic heterocycles. The average Bonchev–Trinajstić information content (AvgIpc) is 3.08. The van der Waals surface area contributed by atoms with Gasteiger partial charge in [0.25, 0.3) is 0 Å². The van der Waals surface area contributed by atoms with Crippen LogP contribution in [0.15, 0.2) is 30.0 Å². The molecule has 7 nitrogen and oxygen atoms in total. The van der Waals surface area contributed by atoms with Gasteiger partial charge in [-0.15, -0.1) is 10.2 Å². The summed E-state index contributed by atoms with van der Waals surface area (Å²) in [6.45, 7) is 7.71. The molecule has 0 aliphatic carbocycles. The highest BCUT2D eigenvalue weighted by molar-refractivity contribution is 6.55. The van der Waals surface area contributed by atoms with Crippen molar-refractivity contribution >= 4 is 24.8 Å². The number of rotatable bonds is 4. The van der Waals surface area contributed by atoms with Crippen LogP contribution in [-0.2, 0) is 9.31 Å². The topological polar surface area (TPSA) is 82.3 Å². The minimum absolute atomic E-state index is 0.178. The summed E-state index contributed by atoms with van der Waals surface area (Å²) in [4.78, 5) is 0. The van der Waals surface area contributed by atoms with E-state index in [4.69, 9.17) is 20.9 Å². The fourth-order valence-corrected chi connectivity index (χ4v) is 2.47. The fraction of sp³-hybridized carbons (Fsp3) is 0.438. The van der Waals surface area contributed by atoms with Crippen LogP contribution in [0.3, 0.4) is 0 Å². The van der Waals surface area contributed by atoms with Crippen molar-refractivity contribution in [3.63, 3.8) is 0 Å². The summed E-state index contributed by atoms with van der Waals surface area (Å²) >= 11 is 5.74. The third-order valence-electron chi connectivity index (χ3n) is 4.55. The summed E-state index contributed by atoms with van der Waals surface area (Å²) in [6, 6.07) is 3.36. The van der Waals surface area contributed by atoms with Crippen molar-refractivity contribution in [2.75, 3.05) is 6.61 Å². The minimum Gasteiger partial charge on any atom is -0.400 e. The molecule has 1 fully saturated rings. The normalized spacial score (nSPS) is 19.4. The summed E-state index contributed by atoms with van der Waals surface area (Å²) in [6.07, 6.45) is 5.24. The molecule has 1 saturated heterocycles. The second-order valence-corrected chi connectivity index (χ2v) is 7.29. The monoisotopic (exact) mass is 362 g/mol. The summed E-state index contributed by atoms with van der Waals surface area (Å²) in [5.74, 6) is 0.547. The summed E-state index contributed by atoms with van der Waals surface area (Å²) in [5, 5.41) is 22.1. The van der Waals surface area contributed by atoms with Crippen LogP contribution in [0.2, 0.25) is 5.15 Å². The molecule has 1 aliphatic rings. The van der Waals surface area contributed by atoms with Gasteiger partial charge in [-0.05, 0) is 45.3 Å². The maximum Gasteiger partial charge on any atom is 0.492 e. The molecule has 25 heavy (non-hydrogen) atoms. The van der Waals surface area contributed by atoms with Crippen molar-refractivity contribution in [3.05, 3.63) is 40.7 Å². The Morgan fingerprint density at radius 3 is 2.48 bits per heavy atom. The number of aliphatic hydroxyl groups is 1. The van der Waals surface area contributed by atoms with E-state index in [-0.39, 0.29) is 6.61 Å². The van der Waals surface area contributed by atoms with E-state index < -0.39 is 18.3 Å². The maximum absolute atomic E-state index is 9.75. The number of hydrogen-bond donors (Lipinski definition) is 1. The van der Waals surface area contributed by atoms with E-state index in [0.717, 1.165) is 5.56 Å². The predicted octanol–water partition coefficient (Wildman–Crippen LogP) is 2.32. The average molecular weight is 363 g/mol. The fourth-order valence-electron chi connectivity index (χ4n) is 2.36. The summed E-state index contributed by atoms with van der Waals surface area (Å²) in [7, 11) is -0.603. The van der Waals surface area contributed by atoms with Crippen LogP contribution in [0.4, 0.5) is 0 Å². The Kier molecular flexibility index (Phi) is 4.72. The van der Waals surface area contributed by atoms with Crippen LogP contribution < -0.4 is 0 Å². The van der Waals surface area contributed by atoms with Crippen molar-refractivity contribution in [1.29, 1.82) is 0 Å². The van der Waals surface area contributed by atoms with Crippen molar-refractivity contribution < 1.29 is 14.4 Å². The lowest BCUT2D eigenvalue weighted by molar-refractivity contribution is 0.00578. The van der Waals surface area contributed by atoms with Gasteiger partial charge in [-0.3, -0.25) is 0 Å². The zero-order valence-electron chi connectivity index (χ0n) is 14.6. The Hall–Kier alpha value is -1.74. The Morgan fingerprint density at radius 1 is 1.24 bits per heavy atom. The smallest absolute Gasteiger partial charge is 0.400 e. The van der Waals surface area contributed by atoms with Crippen molar-refractivity contribution in [2.24, 2.45) is 0 Å². The first-order valence-corrected chi connectivity index (χ1v) is 8.31. The van der Waals surface area contributed by atoms with Crippen LogP contribution in [0.1, 0.15) is 33.3 Å². The third-order valence-corrected chi connectivity index (χ3v) is 4.75. The van der Waals surface area contributed by atoms with Crippen LogP contribution in [-0.4, -0.2) is 50.0 Å². The molecule has 3 heterocycles. The van der Waals surface area contributed by atoms with Crippen LogP contribution >= 0.6 is 11.6 Å². The molecule has 0 radical (unpaired) electrons. The van der Waals surface area contributed by atoms with Crippen molar-refractivity contribution in [2.45, 2.75) is 38.9 Å². The second-order valence-electron chi connectivity index (χ2n) is 6.90. The van der Waals surface area contributed by atoms with Gasteiger partial charge in [-0.2, -0.15) is 5.10 Å². The molecule has 9 heteroatoms. The molecule has 1 aliphatic heterocycles. The Morgan fingerprint density at radius 2 is 1.92 bits per heavy atom. The van der Waals surface area contributed by atoms with Gasteiger partial charge in [0.2, 0.25) is 0 Å². The van der Waals surface area contributed by atoms with Crippen molar-refractivity contribution in [1.82, 2.24) is 20.0 Å². The van der Waals surface area contributed by atoms with Gasteiger partial charge < -0.3 is 14.4 Å². The third kappa shape index (κ3) is 3.62. The second kappa shape index (κ2) is 6.53. The summed E-state index contributed by atoms with van der Waals surface area (Å²) in [5.41, 5.74) is 0.486. The first-order chi connectivity index (χ1) is 11.7. The van der Waals surface area contributed by atoms with Gasteiger partial charge in [0.05, 0.1) is 24.0 Å². The van der Waals surface area contributed by atoms with E-state index in [1.807, 2.05) is 27.7 Å². The zero-order chi connectivity index (χ0) is 18.2. The number of nitrogens with zero attached hydrogens (tertiary/aromatic N) is 4. The quantitative estimate of drug-likeness (QED) is 0.841. The molecule has 132 valence electrons. The number of hydrogen-bond acceptors (Lipinski definition) is 6. The molecule has 0 saturated carbocycles. The molecule has 0 atom stereocenters. The molecule has 0 aromatic carbocycles. The SMILES string of the molecule is CC1(C)OB(C(=Cc2cnn(-c3ccc(Cl)nn3)c2)CO)OC1(C)C. The molecule has 1 N–H and O–H groups in total. The maximum atomic E-state index is 9.75. The lowest BCUT2D eigenvalue weighted by atomic mass is 9.78. The van der Waals surface area contributed by atoms with Gasteiger partial charge in [-0.1, -0.05) is 17.7 Å². The largest absolute Gasteiger partial charge is 0.492 e. The highest BCUT2D eigenvalue weighted by atomic mass is 35.5. The van der Waals surface area contributed by atoms with E-state index in [9.17, 15) is 5.11 Å². The molecule has 0 amide bonds.